The van der Waals surface area contributed by atoms with Crippen molar-refractivity contribution in [3.05, 3.63) is 59.9 Å². The van der Waals surface area contributed by atoms with Gasteiger partial charge in [0.2, 0.25) is 5.78 Å². The summed E-state index contributed by atoms with van der Waals surface area (Å²) >= 11 is 0. The number of carbonyl (C=O) groups is 1. The molecule has 2 aliphatic carbocycles. The number of hydrogen-bond acceptors (Lipinski definition) is 6. The normalized spacial score (nSPS) is 26.2. The minimum atomic E-state index is -4.84. The minimum absolute atomic E-state index is 0.117. The molecule has 2 aromatic rings. The maximum atomic E-state index is 14.9. The van der Waals surface area contributed by atoms with Gasteiger partial charge in [-0.3, -0.25) is 4.79 Å². The standard InChI is InChI=1S/C37H47F4N3O3S/c38-30-6-2-5-29(21-30)36(25-43-16-3-17-43,34-7-1-4-27(34)20-35(45)37(39,40)41)28-14-18-42(19-15-28)22-26-23-44(24-26)31-8-10-32(11-9-31)48(46,47)33-12-13-33/h2,5-6,8-11,21,26-28,33-34H,1,3-4,7,12-20,22-25H2/t27-,34+,36+/m1/s1. The summed E-state index contributed by atoms with van der Waals surface area (Å²) in [4.78, 5) is 19.9. The van der Waals surface area contributed by atoms with Crippen LogP contribution in [0.2, 0.25) is 0 Å². The molecule has 2 saturated carbocycles. The van der Waals surface area contributed by atoms with Crippen LogP contribution in [0, 0.1) is 29.5 Å². The largest absolute Gasteiger partial charge is 0.449 e. The summed E-state index contributed by atoms with van der Waals surface area (Å²) < 4.78 is 80.5. The maximum Gasteiger partial charge on any atom is 0.449 e. The maximum absolute atomic E-state index is 14.9. The van der Waals surface area contributed by atoms with E-state index in [0.29, 0.717) is 23.8 Å². The van der Waals surface area contributed by atoms with Crippen molar-refractivity contribution >= 4 is 21.3 Å². The Morgan fingerprint density at radius 2 is 1.54 bits per heavy atom. The van der Waals surface area contributed by atoms with Gasteiger partial charge in [0, 0.05) is 49.6 Å². The Morgan fingerprint density at radius 1 is 0.833 bits per heavy atom. The smallest absolute Gasteiger partial charge is 0.371 e. The molecule has 6 nitrogen and oxygen atoms in total. The SMILES string of the molecule is O=C(C[C@H]1CCC[C@@H]1[C@](CN1CCC1)(c1cccc(F)c1)C1CCN(CC2CN(c3ccc(S(=O)(=O)C4CC4)cc3)C2)CC1)C(F)(F)F. The molecular formula is C37H47F4N3O3S. The third-order valence-corrected chi connectivity index (χ3v) is 14.4. The summed E-state index contributed by atoms with van der Waals surface area (Å²) in [6.45, 7) is 7.11. The third kappa shape index (κ3) is 6.80. The first-order chi connectivity index (χ1) is 22.9. The molecule has 0 radical (unpaired) electrons. The topological polar surface area (TPSA) is 60.9 Å². The number of piperidine rings is 1. The van der Waals surface area contributed by atoms with Crippen molar-refractivity contribution in [2.75, 3.05) is 57.3 Å². The van der Waals surface area contributed by atoms with Crippen LogP contribution in [0.3, 0.4) is 0 Å². The van der Waals surface area contributed by atoms with Gasteiger partial charge < -0.3 is 14.7 Å². The van der Waals surface area contributed by atoms with Crippen LogP contribution in [0.15, 0.2) is 53.4 Å². The monoisotopic (exact) mass is 689 g/mol. The van der Waals surface area contributed by atoms with Crippen LogP contribution in [-0.4, -0.2) is 87.8 Å². The van der Waals surface area contributed by atoms with Crippen molar-refractivity contribution in [1.29, 1.82) is 0 Å². The van der Waals surface area contributed by atoms with E-state index in [9.17, 15) is 30.8 Å². The number of alkyl halides is 3. The summed E-state index contributed by atoms with van der Waals surface area (Å²) in [5.41, 5.74) is 1.41. The number of Topliss-reactive ketones (excluding diaryl/α,β-unsaturated/α-hetero) is 1. The van der Waals surface area contributed by atoms with E-state index < -0.39 is 33.6 Å². The Balaban J connectivity index is 1.04. The fourth-order valence-electron chi connectivity index (χ4n) is 9.40. The highest BCUT2D eigenvalue weighted by atomic mass is 32.2. The number of anilines is 1. The van der Waals surface area contributed by atoms with Crippen molar-refractivity contribution < 1.29 is 30.8 Å². The molecule has 0 aromatic heterocycles. The van der Waals surface area contributed by atoms with E-state index in [1.54, 1.807) is 24.3 Å². The fourth-order valence-corrected chi connectivity index (χ4v) is 11.1. The van der Waals surface area contributed by atoms with Gasteiger partial charge in [-0.05, 0) is 131 Å². The van der Waals surface area contributed by atoms with E-state index in [4.69, 9.17) is 0 Å². The van der Waals surface area contributed by atoms with Crippen molar-refractivity contribution in [1.82, 2.24) is 9.80 Å². The van der Waals surface area contributed by atoms with Gasteiger partial charge in [0.1, 0.15) is 5.82 Å². The van der Waals surface area contributed by atoms with Gasteiger partial charge in [-0.15, -0.1) is 0 Å². The summed E-state index contributed by atoms with van der Waals surface area (Å²) in [5, 5.41) is -0.214. The number of carbonyl (C=O) groups excluding carboxylic acids is 1. The fraction of sp³-hybridized carbons (Fsp3) is 0.649. The second-order valence-electron chi connectivity index (χ2n) is 15.2. The zero-order chi connectivity index (χ0) is 33.7. The van der Waals surface area contributed by atoms with Crippen molar-refractivity contribution in [3.63, 3.8) is 0 Å². The Kier molecular flexibility index (Phi) is 9.43. The molecule has 3 aliphatic heterocycles. The number of nitrogens with zero attached hydrogens (tertiary/aromatic N) is 3. The van der Waals surface area contributed by atoms with Crippen molar-refractivity contribution in [2.24, 2.45) is 23.7 Å². The number of hydrogen-bond donors (Lipinski definition) is 0. The second-order valence-corrected chi connectivity index (χ2v) is 17.4. The average molecular weight is 690 g/mol. The molecule has 11 heteroatoms. The molecule has 48 heavy (non-hydrogen) atoms. The predicted octanol–water partition coefficient (Wildman–Crippen LogP) is 6.49. The van der Waals surface area contributed by atoms with E-state index in [2.05, 4.69) is 14.7 Å². The Hall–Kier alpha value is -2.50. The molecule has 0 spiro atoms. The molecule has 2 aromatic carbocycles. The molecule has 5 fully saturated rings. The zero-order valence-corrected chi connectivity index (χ0v) is 28.3. The van der Waals surface area contributed by atoms with Gasteiger partial charge in [-0.1, -0.05) is 18.6 Å². The van der Waals surface area contributed by atoms with E-state index in [0.717, 1.165) is 102 Å². The van der Waals surface area contributed by atoms with Crippen LogP contribution < -0.4 is 4.90 Å². The quantitative estimate of drug-likeness (QED) is 0.238. The zero-order valence-electron chi connectivity index (χ0n) is 27.5. The minimum Gasteiger partial charge on any atom is -0.371 e. The van der Waals surface area contributed by atoms with Gasteiger partial charge in [-0.2, -0.15) is 13.2 Å². The Morgan fingerprint density at radius 3 is 2.15 bits per heavy atom. The van der Waals surface area contributed by atoms with Gasteiger partial charge in [0.15, 0.2) is 9.84 Å². The first kappa shape index (κ1) is 34.0. The summed E-state index contributed by atoms with van der Waals surface area (Å²) in [7, 11) is -3.19. The van der Waals surface area contributed by atoms with Gasteiger partial charge in [0.05, 0.1) is 10.1 Å². The highest BCUT2D eigenvalue weighted by Crippen LogP contribution is 2.54. The third-order valence-electron chi connectivity index (χ3n) is 12.2. The van der Waals surface area contributed by atoms with Crippen LogP contribution >= 0.6 is 0 Å². The first-order valence-electron chi connectivity index (χ1n) is 17.8. The molecule has 3 heterocycles. The lowest BCUT2D eigenvalue weighted by Gasteiger charge is -2.54. The molecule has 3 saturated heterocycles. The van der Waals surface area contributed by atoms with E-state index in [1.807, 2.05) is 18.2 Å². The first-order valence-corrected chi connectivity index (χ1v) is 19.4. The van der Waals surface area contributed by atoms with E-state index in [-0.39, 0.29) is 28.8 Å². The van der Waals surface area contributed by atoms with Crippen molar-refractivity contribution in [3.8, 4) is 0 Å². The molecule has 3 atom stereocenters. The average Bonchev–Trinajstić information content (AvgIpc) is 3.79. The number of benzene rings is 2. The van der Waals surface area contributed by atoms with Crippen LogP contribution in [-0.2, 0) is 20.0 Å². The highest BCUT2D eigenvalue weighted by molar-refractivity contribution is 7.92. The van der Waals surface area contributed by atoms with Crippen LogP contribution in [0.4, 0.5) is 23.2 Å². The molecule has 0 amide bonds. The van der Waals surface area contributed by atoms with Crippen molar-refractivity contribution in [2.45, 2.75) is 79.5 Å². The molecule has 0 unspecified atom stereocenters. The van der Waals surface area contributed by atoms with Crippen LogP contribution in [0.25, 0.3) is 0 Å². The lowest BCUT2D eigenvalue weighted by atomic mass is 9.56. The van der Waals surface area contributed by atoms with Crippen LogP contribution in [0.1, 0.15) is 63.4 Å². The Bertz CT molecular complexity index is 1560. The van der Waals surface area contributed by atoms with E-state index in [1.165, 1.54) is 6.07 Å². The molecule has 5 aliphatic rings. The number of likely N-dealkylation sites (tertiary alicyclic amines) is 2. The second kappa shape index (κ2) is 13.3. The number of halogens is 4. The molecule has 262 valence electrons. The van der Waals surface area contributed by atoms with E-state index >= 15 is 0 Å². The number of rotatable bonds is 12. The Labute approximate surface area is 281 Å². The molecule has 0 N–H and O–H groups in total. The van der Waals surface area contributed by atoms with Crippen LogP contribution in [0.5, 0.6) is 0 Å². The van der Waals surface area contributed by atoms with Gasteiger partial charge in [-0.25, -0.2) is 12.8 Å². The molecule has 7 rings (SSSR count). The summed E-state index contributed by atoms with van der Waals surface area (Å²) in [6, 6.07) is 14.1. The van der Waals surface area contributed by atoms with Gasteiger partial charge in [0.25, 0.3) is 0 Å². The molecular weight excluding hydrogens is 642 g/mol. The lowest BCUT2D eigenvalue weighted by Crippen LogP contribution is -2.58. The number of ketones is 1. The summed E-state index contributed by atoms with van der Waals surface area (Å²) in [5.74, 6) is -1.78. The number of sulfone groups is 1. The predicted molar refractivity (Wildman–Crippen MR) is 177 cm³/mol. The molecule has 0 bridgehead atoms. The lowest BCUT2D eigenvalue weighted by molar-refractivity contribution is -0.172. The van der Waals surface area contributed by atoms with Gasteiger partial charge >= 0.3 is 6.18 Å². The summed E-state index contributed by atoms with van der Waals surface area (Å²) in [6.07, 6.45) is 1.17. The highest BCUT2D eigenvalue weighted by Gasteiger charge is 2.54.